The van der Waals surface area contributed by atoms with Crippen LogP contribution in [0.15, 0.2) is 48.5 Å². The molecule has 3 aromatic rings. The number of likely N-dealkylation sites (N-methyl/N-ethyl adjacent to an activating group) is 1. The Kier molecular flexibility index (Phi) is 5.20. The molecule has 0 unspecified atom stereocenters. The van der Waals surface area contributed by atoms with Gasteiger partial charge in [-0.3, -0.25) is 9.78 Å². The third-order valence-electron chi connectivity index (χ3n) is 5.21. The summed E-state index contributed by atoms with van der Waals surface area (Å²) in [7, 11) is 2.13. The molecule has 0 atom stereocenters. The molecule has 1 aliphatic heterocycles. The predicted octanol–water partition coefficient (Wildman–Crippen LogP) is 4.20. The van der Waals surface area contributed by atoms with Crippen LogP contribution < -0.4 is 10.2 Å². The lowest BCUT2D eigenvalue weighted by molar-refractivity contribution is 0.102. The first-order chi connectivity index (χ1) is 13.5. The molecule has 0 radical (unpaired) electrons. The molecule has 0 spiro atoms. The molecule has 1 saturated heterocycles. The molecule has 1 aliphatic rings. The van der Waals surface area contributed by atoms with Crippen molar-refractivity contribution in [1.29, 1.82) is 0 Å². The fraction of sp³-hybridized carbons (Fsp3) is 0.273. The van der Waals surface area contributed by atoms with Crippen LogP contribution in [0.4, 0.5) is 11.4 Å². The lowest BCUT2D eigenvalue weighted by Gasteiger charge is -2.34. The fourth-order valence-electron chi connectivity index (χ4n) is 3.53. The van der Waals surface area contributed by atoms with Gasteiger partial charge in [-0.05, 0) is 44.3 Å². The molecule has 28 heavy (non-hydrogen) atoms. The van der Waals surface area contributed by atoms with E-state index in [2.05, 4.69) is 27.1 Å². The quantitative estimate of drug-likeness (QED) is 0.723. The Hall–Kier alpha value is -2.63. The number of halogens is 1. The number of rotatable bonds is 3. The molecule has 1 N–H and O–H groups in total. The van der Waals surface area contributed by atoms with E-state index in [0.717, 1.165) is 42.8 Å². The van der Waals surface area contributed by atoms with Gasteiger partial charge in [-0.1, -0.05) is 29.8 Å². The van der Waals surface area contributed by atoms with Gasteiger partial charge in [0.1, 0.15) is 0 Å². The summed E-state index contributed by atoms with van der Waals surface area (Å²) >= 11 is 6.52. The number of nitrogens with zero attached hydrogens (tertiary/aromatic N) is 3. The number of amides is 1. The van der Waals surface area contributed by atoms with E-state index < -0.39 is 0 Å². The topological polar surface area (TPSA) is 48.5 Å². The summed E-state index contributed by atoms with van der Waals surface area (Å²) in [6.07, 6.45) is 0. The van der Waals surface area contributed by atoms with Crippen LogP contribution in [0.1, 0.15) is 16.1 Å². The van der Waals surface area contributed by atoms with E-state index in [4.69, 9.17) is 11.6 Å². The zero-order chi connectivity index (χ0) is 19.7. The number of carbonyl (C=O) groups is 1. The average Bonchev–Trinajstić information content (AvgIpc) is 2.68. The molecule has 1 aromatic heterocycles. The van der Waals surface area contributed by atoms with Crippen LogP contribution in [0.25, 0.3) is 10.9 Å². The van der Waals surface area contributed by atoms with E-state index >= 15 is 0 Å². The predicted molar refractivity (Wildman–Crippen MR) is 116 cm³/mol. The Labute approximate surface area is 169 Å². The van der Waals surface area contributed by atoms with Gasteiger partial charge in [0.15, 0.2) is 0 Å². The van der Waals surface area contributed by atoms with Gasteiger partial charge in [0.2, 0.25) is 0 Å². The van der Waals surface area contributed by atoms with Gasteiger partial charge in [0.25, 0.3) is 5.91 Å². The third-order valence-corrected chi connectivity index (χ3v) is 5.51. The highest BCUT2D eigenvalue weighted by Gasteiger charge is 2.18. The van der Waals surface area contributed by atoms with Crippen molar-refractivity contribution in [3.63, 3.8) is 0 Å². The standard InChI is InChI=1S/C22H23ClN4O/c1-15-18(13-16-5-3-4-6-20(16)24-15)22(28)25-17-7-8-21(19(23)14-17)27-11-9-26(2)10-12-27/h3-8,13-14H,9-12H2,1-2H3,(H,25,28). The van der Waals surface area contributed by atoms with Crippen molar-refractivity contribution in [2.45, 2.75) is 6.92 Å². The van der Waals surface area contributed by atoms with Crippen LogP contribution in [0.2, 0.25) is 5.02 Å². The SMILES string of the molecule is Cc1nc2ccccc2cc1C(=O)Nc1ccc(N2CCN(C)CC2)c(Cl)c1. The van der Waals surface area contributed by atoms with Gasteiger partial charge >= 0.3 is 0 Å². The van der Waals surface area contributed by atoms with Crippen molar-refractivity contribution in [3.05, 3.63) is 64.8 Å². The van der Waals surface area contributed by atoms with Crippen molar-refractivity contribution in [3.8, 4) is 0 Å². The maximum atomic E-state index is 12.8. The molecule has 1 fully saturated rings. The second-order valence-corrected chi connectivity index (χ2v) is 7.63. The molecule has 4 rings (SSSR count). The minimum atomic E-state index is -0.181. The van der Waals surface area contributed by atoms with Gasteiger partial charge in [-0.15, -0.1) is 0 Å². The minimum Gasteiger partial charge on any atom is -0.368 e. The van der Waals surface area contributed by atoms with Crippen molar-refractivity contribution in [2.24, 2.45) is 0 Å². The van der Waals surface area contributed by atoms with Gasteiger partial charge in [-0.25, -0.2) is 0 Å². The summed E-state index contributed by atoms with van der Waals surface area (Å²) in [6, 6.07) is 15.4. The maximum absolute atomic E-state index is 12.8. The highest BCUT2D eigenvalue weighted by atomic mass is 35.5. The summed E-state index contributed by atoms with van der Waals surface area (Å²) in [5.74, 6) is -0.181. The smallest absolute Gasteiger partial charge is 0.257 e. The number of aryl methyl sites for hydroxylation is 1. The lowest BCUT2D eigenvalue weighted by atomic mass is 10.1. The largest absolute Gasteiger partial charge is 0.368 e. The molecule has 6 heteroatoms. The first kappa shape index (κ1) is 18.7. The highest BCUT2D eigenvalue weighted by Crippen LogP contribution is 2.30. The molecule has 144 valence electrons. The van der Waals surface area contributed by atoms with Crippen LogP contribution >= 0.6 is 11.6 Å². The summed E-state index contributed by atoms with van der Waals surface area (Å²) in [4.78, 5) is 21.9. The number of carbonyl (C=O) groups excluding carboxylic acids is 1. The number of nitrogens with one attached hydrogen (secondary N) is 1. The minimum absolute atomic E-state index is 0.181. The van der Waals surface area contributed by atoms with E-state index in [9.17, 15) is 4.79 Å². The second kappa shape index (κ2) is 7.78. The van der Waals surface area contributed by atoms with E-state index in [-0.39, 0.29) is 5.91 Å². The van der Waals surface area contributed by atoms with Crippen LogP contribution in [-0.4, -0.2) is 49.0 Å². The lowest BCUT2D eigenvalue weighted by Crippen LogP contribution is -2.44. The number of aromatic nitrogens is 1. The Balaban J connectivity index is 1.53. The van der Waals surface area contributed by atoms with Gasteiger partial charge in [-0.2, -0.15) is 0 Å². The molecular formula is C22H23ClN4O. The number of piperazine rings is 1. The number of fused-ring (bicyclic) bond motifs is 1. The summed E-state index contributed by atoms with van der Waals surface area (Å²) in [5, 5.41) is 4.55. The Morgan fingerprint density at radius 3 is 2.57 bits per heavy atom. The molecule has 1 amide bonds. The van der Waals surface area contributed by atoms with Crippen molar-refractivity contribution >= 4 is 39.8 Å². The van der Waals surface area contributed by atoms with Gasteiger partial charge < -0.3 is 15.1 Å². The van der Waals surface area contributed by atoms with E-state index in [1.54, 1.807) is 0 Å². The van der Waals surface area contributed by atoms with E-state index in [1.807, 2.05) is 55.5 Å². The molecular weight excluding hydrogens is 372 g/mol. The number of hydrogen-bond donors (Lipinski definition) is 1. The van der Waals surface area contributed by atoms with Crippen LogP contribution in [0.3, 0.4) is 0 Å². The monoisotopic (exact) mass is 394 g/mol. The average molecular weight is 395 g/mol. The molecule has 0 bridgehead atoms. The first-order valence-corrected chi connectivity index (χ1v) is 9.80. The number of benzene rings is 2. The molecule has 0 saturated carbocycles. The second-order valence-electron chi connectivity index (χ2n) is 7.22. The number of hydrogen-bond acceptors (Lipinski definition) is 4. The Morgan fingerprint density at radius 2 is 1.82 bits per heavy atom. The van der Waals surface area contributed by atoms with Crippen LogP contribution in [-0.2, 0) is 0 Å². The van der Waals surface area contributed by atoms with E-state index in [1.165, 1.54) is 0 Å². The maximum Gasteiger partial charge on any atom is 0.257 e. The molecule has 5 nitrogen and oxygen atoms in total. The molecule has 0 aliphatic carbocycles. The Bertz CT molecular complexity index is 1030. The highest BCUT2D eigenvalue weighted by molar-refractivity contribution is 6.33. The summed E-state index contributed by atoms with van der Waals surface area (Å²) < 4.78 is 0. The normalized spacial score (nSPS) is 15.0. The first-order valence-electron chi connectivity index (χ1n) is 9.42. The van der Waals surface area contributed by atoms with Gasteiger partial charge in [0, 0.05) is 37.3 Å². The van der Waals surface area contributed by atoms with Gasteiger partial charge in [0.05, 0.1) is 27.5 Å². The number of pyridine rings is 1. The summed E-state index contributed by atoms with van der Waals surface area (Å²) in [6.45, 7) is 5.78. The molecule has 2 aromatic carbocycles. The van der Waals surface area contributed by atoms with Crippen molar-refractivity contribution in [1.82, 2.24) is 9.88 Å². The number of anilines is 2. The van der Waals surface area contributed by atoms with Crippen LogP contribution in [0.5, 0.6) is 0 Å². The Morgan fingerprint density at radius 1 is 1.07 bits per heavy atom. The number of para-hydroxylation sites is 1. The zero-order valence-electron chi connectivity index (χ0n) is 16.1. The molecule has 2 heterocycles. The fourth-order valence-corrected chi connectivity index (χ4v) is 3.83. The summed E-state index contributed by atoms with van der Waals surface area (Å²) in [5.41, 5.74) is 3.85. The van der Waals surface area contributed by atoms with Crippen molar-refractivity contribution < 1.29 is 4.79 Å². The van der Waals surface area contributed by atoms with E-state index in [0.29, 0.717) is 22.0 Å². The third kappa shape index (κ3) is 3.81. The van der Waals surface area contributed by atoms with Crippen molar-refractivity contribution in [2.75, 3.05) is 43.4 Å². The van der Waals surface area contributed by atoms with Crippen LogP contribution in [0, 0.1) is 6.92 Å². The zero-order valence-corrected chi connectivity index (χ0v) is 16.8.